The van der Waals surface area contributed by atoms with Gasteiger partial charge in [0.05, 0.1) is 12.7 Å². The van der Waals surface area contributed by atoms with Crippen LogP contribution < -0.4 is 10.1 Å². The fourth-order valence-electron chi connectivity index (χ4n) is 2.26. The minimum Gasteiger partial charge on any atom is -0.496 e. The first kappa shape index (κ1) is 14.6. The minimum atomic E-state index is -1.14. The number of fused-ring (bicyclic) bond motifs is 1. The Bertz CT molecular complexity index is 897. The summed E-state index contributed by atoms with van der Waals surface area (Å²) in [5.74, 6) is -1.12. The number of anilines is 1. The first-order valence-corrected chi connectivity index (χ1v) is 6.80. The van der Waals surface area contributed by atoms with Crippen molar-refractivity contribution in [3.63, 3.8) is 0 Å². The number of nitrogens with one attached hydrogen (secondary N) is 1. The summed E-state index contributed by atoms with van der Waals surface area (Å²) in [6, 6.07) is 13.2. The third-order valence-electron chi connectivity index (χ3n) is 3.34. The standard InChI is InChI=1S/C17H13NO5/c1-22-14-5-3-2-4-12(14)16(19)18-11-6-7-13-10(8-11)9-15(23-13)17(20)21/h2-9H,1H3,(H,18,19)(H,20,21). The van der Waals surface area contributed by atoms with Crippen molar-refractivity contribution in [2.75, 3.05) is 12.4 Å². The SMILES string of the molecule is COc1ccccc1C(=O)Nc1ccc2oc(C(=O)O)cc2c1. The number of benzene rings is 2. The van der Waals surface area contributed by atoms with Crippen LogP contribution in [0.2, 0.25) is 0 Å². The number of carbonyl (C=O) groups is 2. The number of aromatic carboxylic acids is 1. The number of furan rings is 1. The van der Waals surface area contributed by atoms with Gasteiger partial charge < -0.3 is 19.6 Å². The number of amides is 1. The van der Waals surface area contributed by atoms with Gasteiger partial charge in [-0.3, -0.25) is 4.79 Å². The Hall–Kier alpha value is -3.28. The molecule has 3 aromatic rings. The Morgan fingerprint density at radius 3 is 2.65 bits per heavy atom. The van der Waals surface area contributed by atoms with E-state index in [1.54, 1.807) is 42.5 Å². The molecule has 0 saturated heterocycles. The van der Waals surface area contributed by atoms with Gasteiger partial charge in [0.15, 0.2) is 0 Å². The van der Waals surface area contributed by atoms with Crippen molar-refractivity contribution in [2.24, 2.45) is 0 Å². The molecular weight excluding hydrogens is 298 g/mol. The van der Waals surface area contributed by atoms with Gasteiger partial charge in [-0.15, -0.1) is 0 Å². The summed E-state index contributed by atoms with van der Waals surface area (Å²) in [5, 5.41) is 12.3. The molecule has 2 N–H and O–H groups in total. The maximum atomic E-state index is 12.3. The summed E-state index contributed by atoms with van der Waals surface area (Å²) in [5.41, 5.74) is 1.39. The molecule has 6 nitrogen and oxygen atoms in total. The van der Waals surface area contributed by atoms with Crippen molar-refractivity contribution in [1.82, 2.24) is 0 Å². The molecule has 0 atom stereocenters. The molecule has 1 heterocycles. The van der Waals surface area contributed by atoms with Crippen LogP contribution in [0.1, 0.15) is 20.9 Å². The predicted octanol–water partition coefficient (Wildman–Crippen LogP) is 3.39. The van der Waals surface area contributed by atoms with Crippen molar-refractivity contribution in [3.8, 4) is 5.75 Å². The molecule has 1 amide bonds. The largest absolute Gasteiger partial charge is 0.496 e. The number of para-hydroxylation sites is 1. The summed E-state index contributed by atoms with van der Waals surface area (Å²) in [6.45, 7) is 0. The van der Waals surface area contributed by atoms with Gasteiger partial charge in [0.1, 0.15) is 11.3 Å². The van der Waals surface area contributed by atoms with E-state index in [-0.39, 0.29) is 11.7 Å². The lowest BCUT2D eigenvalue weighted by Gasteiger charge is -2.09. The first-order valence-electron chi connectivity index (χ1n) is 6.80. The minimum absolute atomic E-state index is 0.145. The van der Waals surface area contributed by atoms with Crippen LogP contribution in [0.5, 0.6) is 5.75 Å². The van der Waals surface area contributed by atoms with E-state index in [1.165, 1.54) is 13.2 Å². The maximum Gasteiger partial charge on any atom is 0.371 e. The summed E-state index contributed by atoms with van der Waals surface area (Å²) in [4.78, 5) is 23.2. The molecule has 0 aliphatic rings. The second-order valence-corrected chi connectivity index (χ2v) is 4.82. The molecular formula is C17H13NO5. The number of carboxylic acids is 1. The lowest BCUT2D eigenvalue weighted by Crippen LogP contribution is -2.12. The van der Waals surface area contributed by atoms with Gasteiger partial charge in [-0.05, 0) is 36.4 Å². The first-order chi connectivity index (χ1) is 11.1. The number of methoxy groups -OCH3 is 1. The number of carboxylic acid groups (broad SMARTS) is 1. The highest BCUT2D eigenvalue weighted by molar-refractivity contribution is 6.07. The van der Waals surface area contributed by atoms with Crippen LogP contribution in [0.25, 0.3) is 11.0 Å². The number of rotatable bonds is 4. The summed E-state index contributed by atoms with van der Waals surface area (Å²) < 4.78 is 10.3. The van der Waals surface area contributed by atoms with Crippen LogP contribution in [0.3, 0.4) is 0 Å². The highest BCUT2D eigenvalue weighted by atomic mass is 16.5. The Labute approximate surface area is 131 Å². The van der Waals surface area contributed by atoms with Crippen LogP contribution in [0.4, 0.5) is 5.69 Å². The average Bonchev–Trinajstić information content (AvgIpc) is 2.98. The van der Waals surface area contributed by atoms with Gasteiger partial charge >= 0.3 is 5.97 Å². The van der Waals surface area contributed by atoms with E-state index in [9.17, 15) is 9.59 Å². The molecule has 2 aromatic carbocycles. The third kappa shape index (κ3) is 2.87. The van der Waals surface area contributed by atoms with E-state index in [0.29, 0.717) is 28.0 Å². The molecule has 0 fully saturated rings. The Kier molecular flexibility index (Phi) is 3.72. The molecule has 23 heavy (non-hydrogen) atoms. The predicted molar refractivity (Wildman–Crippen MR) is 84.1 cm³/mol. The number of hydrogen-bond donors (Lipinski definition) is 2. The molecule has 0 radical (unpaired) electrons. The molecule has 6 heteroatoms. The van der Waals surface area contributed by atoms with Gasteiger partial charge in [-0.2, -0.15) is 0 Å². The smallest absolute Gasteiger partial charge is 0.371 e. The maximum absolute atomic E-state index is 12.3. The van der Waals surface area contributed by atoms with Crippen molar-refractivity contribution >= 4 is 28.5 Å². The molecule has 3 rings (SSSR count). The Morgan fingerprint density at radius 2 is 1.91 bits per heavy atom. The number of hydrogen-bond acceptors (Lipinski definition) is 4. The highest BCUT2D eigenvalue weighted by Crippen LogP contribution is 2.24. The second-order valence-electron chi connectivity index (χ2n) is 4.82. The fraction of sp³-hybridized carbons (Fsp3) is 0.0588. The fourth-order valence-corrected chi connectivity index (χ4v) is 2.26. The van der Waals surface area contributed by atoms with E-state index < -0.39 is 5.97 Å². The van der Waals surface area contributed by atoms with Crippen molar-refractivity contribution < 1.29 is 23.8 Å². The molecule has 0 bridgehead atoms. The van der Waals surface area contributed by atoms with Crippen LogP contribution >= 0.6 is 0 Å². The number of carbonyl (C=O) groups excluding carboxylic acids is 1. The lowest BCUT2D eigenvalue weighted by atomic mass is 10.1. The quantitative estimate of drug-likeness (QED) is 0.771. The van der Waals surface area contributed by atoms with E-state index >= 15 is 0 Å². The van der Waals surface area contributed by atoms with Crippen LogP contribution in [-0.2, 0) is 0 Å². The van der Waals surface area contributed by atoms with Gasteiger partial charge in [0.25, 0.3) is 5.91 Å². The summed E-state index contributed by atoms with van der Waals surface area (Å²) in [6.07, 6.45) is 0. The molecule has 0 saturated carbocycles. The normalized spacial score (nSPS) is 10.5. The van der Waals surface area contributed by atoms with E-state index in [2.05, 4.69) is 5.32 Å². The van der Waals surface area contributed by atoms with Crippen LogP contribution in [0, 0.1) is 0 Å². The van der Waals surface area contributed by atoms with Gasteiger partial charge in [-0.25, -0.2) is 4.79 Å². The van der Waals surface area contributed by atoms with E-state index in [4.69, 9.17) is 14.3 Å². The lowest BCUT2D eigenvalue weighted by molar-refractivity contribution is 0.0665. The zero-order chi connectivity index (χ0) is 16.4. The zero-order valence-corrected chi connectivity index (χ0v) is 12.2. The summed E-state index contributed by atoms with van der Waals surface area (Å²) >= 11 is 0. The van der Waals surface area contributed by atoms with Crippen LogP contribution in [0.15, 0.2) is 52.9 Å². The Balaban J connectivity index is 1.89. The monoisotopic (exact) mass is 311 g/mol. The van der Waals surface area contributed by atoms with Crippen molar-refractivity contribution in [1.29, 1.82) is 0 Å². The highest BCUT2D eigenvalue weighted by Gasteiger charge is 2.14. The topological polar surface area (TPSA) is 88.8 Å². The molecule has 0 unspecified atom stereocenters. The second kappa shape index (κ2) is 5.84. The molecule has 0 aliphatic carbocycles. The molecule has 1 aromatic heterocycles. The van der Waals surface area contributed by atoms with Crippen LogP contribution in [-0.4, -0.2) is 24.1 Å². The van der Waals surface area contributed by atoms with Gasteiger partial charge in [0, 0.05) is 11.1 Å². The van der Waals surface area contributed by atoms with E-state index in [1.807, 2.05) is 0 Å². The van der Waals surface area contributed by atoms with E-state index in [0.717, 1.165) is 0 Å². The molecule has 0 spiro atoms. The molecule has 0 aliphatic heterocycles. The van der Waals surface area contributed by atoms with Gasteiger partial charge in [-0.1, -0.05) is 12.1 Å². The zero-order valence-electron chi connectivity index (χ0n) is 12.2. The summed E-state index contributed by atoms with van der Waals surface area (Å²) in [7, 11) is 1.50. The molecule has 116 valence electrons. The Morgan fingerprint density at radius 1 is 1.13 bits per heavy atom. The third-order valence-corrected chi connectivity index (χ3v) is 3.34. The average molecular weight is 311 g/mol. The van der Waals surface area contributed by atoms with Gasteiger partial charge in [0.2, 0.25) is 5.76 Å². The van der Waals surface area contributed by atoms with Crippen molar-refractivity contribution in [2.45, 2.75) is 0 Å². The van der Waals surface area contributed by atoms with Crippen molar-refractivity contribution in [3.05, 3.63) is 59.9 Å². The number of ether oxygens (including phenoxy) is 1.